The van der Waals surface area contributed by atoms with Crippen LogP contribution in [0.15, 0.2) is 0 Å². The van der Waals surface area contributed by atoms with Crippen LogP contribution in [0.4, 0.5) is 4.79 Å². The van der Waals surface area contributed by atoms with Crippen LogP contribution in [0.25, 0.3) is 0 Å². The van der Waals surface area contributed by atoms with Crippen LogP contribution >= 0.6 is 0 Å². The molecule has 0 aromatic carbocycles. The van der Waals surface area contributed by atoms with Crippen molar-refractivity contribution in [1.82, 2.24) is 4.90 Å². The van der Waals surface area contributed by atoms with Crippen molar-refractivity contribution in [1.29, 1.82) is 0 Å². The summed E-state index contributed by atoms with van der Waals surface area (Å²) in [4.78, 5) is 24.5. The van der Waals surface area contributed by atoms with Crippen molar-refractivity contribution in [2.24, 2.45) is 5.92 Å². The Hall–Kier alpha value is -1.06. The lowest BCUT2D eigenvalue weighted by Crippen LogP contribution is -2.44. The first-order chi connectivity index (χ1) is 8.21. The highest BCUT2D eigenvalue weighted by Gasteiger charge is 2.27. The first kappa shape index (κ1) is 16.9. The number of hydrogen-bond donors (Lipinski definition) is 0. The van der Waals surface area contributed by atoms with E-state index in [1.807, 2.05) is 27.7 Å². The lowest BCUT2D eigenvalue weighted by Gasteiger charge is -2.32. The molecular formula is C14H27NO3. The topological polar surface area (TPSA) is 46.6 Å². The van der Waals surface area contributed by atoms with Gasteiger partial charge in [0.1, 0.15) is 11.9 Å². The van der Waals surface area contributed by atoms with Gasteiger partial charge in [0.25, 0.3) is 0 Å². The maximum atomic E-state index is 12.1. The molecule has 0 aliphatic carbocycles. The molecule has 0 heterocycles. The molecule has 0 aromatic heterocycles. The average Bonchev–Trinajstić information content (AvgIpc) is 2.14. The van der Waals surface area contributed by atoms with Crippen molar-refractivity contribution in [2.75, 3.05) is 6.54 Å². The number of nitrogens with zero attached hydrogens (tertiary/aromatic N) is 1. The minimum Gasteiger partial charge on any atom is -0.444 e. The van der Waals surface area contributed by atoms with E-state index in [0.29, 0.717) is 18.9 Å². The van der Waals surface area contributed by atoms with Crippen molar-refractivity contribution in [3.8, 4) is 0 Å². The van der Waals surface area contributed by atoms with Gasteiger partial charge in [-0.25, -0.2) is 4.79 Å². The summed E-state index contributed by atoms with van der Waals surface area (Å²) in [5.41, 5.74) is -0.506. The Kier molecular flexibility index (Phi) is 6.96. The summed E-state index contributed by atoms with van der Waals surface area (Å²) < 4.78 is 5.37. The minimum atomic E-state index is -0.506. The molecule has 0 saturated heterocycles. The number of hydrogen-bond acceptors (Lipinski definition) is 3. The number of ether oxygens (including phenoxy) is 1. The van der Waals surface area contributed by atoms with Gasteiger partial charge in [0.2, 0.25) is 0 Å². The lowest BCUT2D eigenvalue weighted by atomic mass is 10.0. The summed E-state index contributed by atoms with van der Waals surface area (Å²) in [6, 6.07) is -0.0673. The monoisotopic (exact) mass is 257 g/mol. The smallest absolute Gasteiger partial charge is 0.410 e. The number of carbonyl (C=O) groups is 2. The first-order valence-corrected chi connectivity index (χ1v) is 6.64. The number of carbonyl (C=O) groups excluding carboxylic acids is 2. The normalized spacial score (nSPS) is 13.3. The molecule has 1 amide bonds. The second-order valence-electron chi connectivity index (χ2n) is 5.95. The molecule has 0 aromatic rings. The molecule has 0 aliphatic heterocycles. The van der Waals surface area contributed by atoms with Crippen LogP contribution in [0.2, 0.25) is 0 Å². The van der Waals surface area contributed by atoms with Gasteiger partial charge >= 0.3 is 6.09 Å². The average molecular weight is 257 g/mol. The van der Waals surface area contributed by atoms with Crippen LogP contribution in [0.5, 0.6) is 0 Å². The van der Waals surface area contributed by atoms with Gasteiger partial charge in [0.15, 0.2) is 0 Å². The van der Waals surface area contributed by atoms with E-state index in [4.69, 9.17) is 4.74 Å². The van der Waals surface area contributed by atoms with Gasteiger partial charge in [-0.05, 0) is 40.0 Å². The quantitative estimate of drug-likeness (QED) is 0.686. The predicted molar refractivity (Wildman–Crippen MR) is 72.5 cm³/mol. The third-order valence-electron chi connectivity index (χ3n) is 2.52. The number of rotatable bonds is 6. The molecule has 0 fully saturated rings. The molecule has 0 rings (SSSR count). The lowest BCUT2D eigenvalue weighted by molar-refractivity contribution is -0.108. The molecule has 0 radical (unpaired) electrons. The molecule has 0 saturated carbocycles. The predicted octanol–water partition coefficient (Wildman–Crippen LogP) is 3.25. The summed E-state index contributed by atoms with van der Waals surface area (Å²) in [5, 5.41) is 0. The SMILES string of the molecule is CCN(C(=O)OC(C)(C)C)C(CC=O)CC(C)C. The minimum absolute atomic E-state index is 0.0673. The molecule has 106 valence electrons. The van der Waals surface area contributed by atoms with Gasteiger partial charge in [-0.1, -0.05) is 13.8 Å². The van der Waals surface area contributed by atoms with Crippen molar-refractivity contribution < 1.29 is 14.3 Å². The molecule has 4 heteroatoms. The van der Waals surface area contributed by atoms with Crippen molar-refractivity contribution in [3.05, 3.63) is 0 Å². The molecule has 4 nitrogen and oxygen atoms in total. The van der Waals surface area contributed by atoms with E-state index >= 15 is 0 Å². The second kappa shape index (κ2) is 7.39. The summed E-state index contributed by atoms with van der Waals surface area (Å²) in [5.74, 6) is 0.437. The molecule has 0 N–H and O–H groups in total. The largest absolute Gasteiger partial charge is 0.444 e. The van der Waals surface area contributed by atoms with Crippen molar-refractivity contribution >= 4 is 12.4 Å². The molecule has 0 aliphatic rings. The highest BCUT2D eigenvalue weighted by Crippen LogP contribution is 2.18. The van der Waals surface area contributed by atoms with Gasteiger partial charge in [-0.3, -0.25) is 0 Å². The summed E-state index contributed by atoms with van der Waals surface area (Å²) in [6.45, 7) is 12.2. The van der Waals surface area contributed by atoms with Crippen molar-refractivity contribution in [2.45, 2.75) is 66.0 Å². The van der Waals surface area contributed by atoms with Gasteiger partial charge in [-0.15, -0.1) is 0 Å². The van der Waals surface area contributed by atoms with Crippen LogP contribution in [-0.4, -0.2) is 35.5 Å². The van der Waals surface area contributed by atoms with E-state index in [-0.39, 0.29) is 12.1 Å². The zero-order chi connectivity index (χ0) is 14.3. The highest BCUT2D eigenvalue weighted by molar-refractivity contribution is 5.69. The zero-order valence-corrected chi connectivity index (χ0v) is 12.5. The van der Waals surface area contributed by atoms with E-state index in [0.717, 1.165) is 12.7 Å². The van der Waals surface area contributed by atoms with Crippen LogP contribution < -0.4 is 0 Å². The van der Waals surface area contributed by atoms with E-state index < -0.39 is 5.60 Å². The van der Waals surface area contributed by atoms with Crippen LogP contribution in [0.1, 0.15) is 54.4 Å². The summed E-state index contributed by atoms with van der Waals surface area (Å²) in [7, 11) is 0. The maximum absolute atomic E-state index is 12.1. The Bertz CT molecular complexity index is 269. The molecule has 18 heavy (non-hydrogen) atoms. The van der Waals surface area contributed by atoms with E-state index in [1.54, 1.807) is 4.90 Å². The van der Waals surface area contributed by atoms with E-state index in [9.17, 15) is 9.59 Å². The van der Waals surface area contributed by atoms with E-state index in [1.165, 1.54) is 0 Å². The first-order valence-electron chi connectivity index (χ1n) is 6.64. The molecule has 1 unspecified atom stereocenters. The standard InChI is InChI=1S/C14H27NO3/c1-7-15(13(17)18-14(4,5)6)12(8-9-16)10-11(2)3/h9,11-12H,7-8,10H2,1-6H3. The molecule has 1 atom stereocenters. The third-order valence-corrected chi connectivity index (χ3v) is 2.52. The maximum Gasteiger partial charge on any atom is 0.410 e. The zero-order valence-electron chi connectivity index (χ0n) is 12.5. The fraction of sp³-hybridized carbons (Fsp3) is 0.857. The Morgan fingerprint density at radius 2 is 1.89 bits per heavy atom. The Balaban J connectivity index is 4.77. The Labute approximate surface area is 111 Å². The Morgan fingerprint density at radius 3 is 2.22 bits per heavy atom. The number of aldehydes is 1. The third kappa shape index (κ3) is 6.62. The van der Waals surface area contributed by atoms with Gasteiger partial charge in [0.05, 0.1) is 0 Å². The highest BCUT2D eigenvalue weighted by atomic mass is 16.6. The summed E-state index contributed by atoms with van der Waals surface area (Å²) in [6.07, 6.45) is 1.72. The molecular weight excluding hydrogens is 230 g/mol. The fourth-order valence-electron chi connectivity index (χ4n) is 1.86. The summed E-state index contributed by atoms with van der Waals surface area (Å²) >= 11 is 0. The van der Waals surface area contributed by atoms with Crippen LogP contribution in [0, 0.1) is 5.92 Å². The second-order valence-corrected chi connectivity index (χ2v) is 5.95. The number of amides is 1. The fourth-order valence-corrected chi connectivity index (χ4v) is 1.86. The van der Waals surface area contributed by atoms with Gasteiger partial charge < -0.3 is 14.4 Å². The van der Waals surface area contributed by atoms with Gasteiger partial charge in [0, 0.05) is 19.0 Å². The van der Waals surface area contributed by atoms with Crippen LogP contribution in [-0.2, 0) is 9.53 Å². The van der Waals surface area contributed by atoms with Crippen molar-refractivity contribution in [3.63, 3.8) is 0 Å². The van der Waals surface area contributed by atoms with E-state index in [2.05, 4.69) is 13.8 Å². The molecule has 0 spiro atoms. The molecule has 0 bridgehead atoms. The van der Waals surface area contributed by atoms with Gasteiger partial charge in [-0.2, -0.15) is 0 Å². The Morgan fingerprint density at radius 1 is 1.33 bits per heavy atom. The van der Waals surface area contributed by atoms with Crippen LogP contribution in [0.3, 0.4) is 0 Å².